The summed E-state index contributed by atoms with van der Waals surface area (Å²) in [6.07, 6.45) is 8.85. The van der Waals surface area contributed by atoms with Crippen molar-refractivity contribution in [1.82, 2.24) is 24.6 Å². The van der Waals surface area contributed by atoms with E-state index in [1.807, 2.05) is 25.1 Å². The monoisotopic (exact) mass is 408 g/mol. The number of aromatic nitrogens is 4. The van der Waals surface area contributed by atoms with Crippen molar-refractivity contribution in [2.24, 2.45) is 13.0 Å². The number of likely N-dealkylation sites (tertiary alicyclic amines) is 1. The molecule has 0 N–H and O–H groups in total. The molecule has 2 aliphatic heterocycles. The van der Waals surface area contributed by atoms with E-state index in [1.165, 1.54) is 30.6 Å². The summed E-state index contributed by atoms with van der Waals surface area (Å²) in [6.45, 7) is 7.76. The van der Waals surface area contributed by atoms with Crippen LogP contribution in [0.2, 0.25) is 0 Å². The zero-order chi connectivity index (χ0) is 20.8. The molecule has 0 bridgehead atoms. The van der Waals surface area contributed by atoms with Gasteiger partial charge in [-0.1, -0.05) is 0 Å². The Bertz CT molecular complexity index is 963. The van der Waals surface area contributed by atoms with Crippen molar-refractivity contribution in [3.8, 4) is 0 Å². The van der Waals surface area contributed by atoms with Gasteiger partial charge >= 0.3 is 0 Å². The Morgan fingerprint density at radius 2 is 1.93 bits per heavy atom. The predicted octanol–water partition coefficient (Wildman–Crippen LogP) is 3.01. The lowest BCUT2D eigenvalue weighted by atomic mass is 9.95. The SMILES string of the molecule is Cc1nn(C)cc1C(=O)N1CCC[C@H](c2nc(C)c3c(n2)N(CC2CC2)CCC3)C1. The van der Waals surface area contributed by atoms with Crippen LogP contribution in [0.4, 0.5) is 5.82 Å². The van der Waals surface area contributed by atoms with E-state index in [9.17, 15) is 4.79 Å². The van der Waals surface area contributed by atoms with Crippen molar-refractivity contribution < 1.29 is 4.79 Å². The minimum Gasteiger partial charge on any atom is -0.356 e. The van der Waals surface area contributed by atoms with E-state index in [0.717, 1.165) is 62.0 Å². The van der Waals surface area contributed by atoms with Crippen LogP contribution in [0, 0.1) is 19.8 Å². The zero-order valence-corrected chi connectivity index (χ0v) is 18.4. The maximum Gasteiger partial charge on any atom is 0.257 e. The lowest BCUT2D eigenvalue weighted by Crippen LogP contribution is -2.40. The van der Waals surface area contributed by atoms with Gasteiger partial charge in [-0.25, -0.2) is 9.97 Å². The molecule has 7 heteroatoms. The average molecular weight is 409 g/mol. The van der Waals surface area contributed by atoms with Crippen LogP contribution < -0.4 is 4.90 Å². The summed E-state index contributed by atoms with van der Waals surface area (Å²) in [7, 11) is 1.86. The lowest BCUT2D eigenvalue weighted by Gasteiger charge is -2.34. The van der Waals surface area contributed by atoms with Gasteiger partial charge in [0.15, 0.2) is 0 Å². The van der Waals surface area contributed by atoms with E-state index >= 15 is 0 Å². The van der Waals surface area contributed by atoms with Crippen molar-refractivity contribution >= 4 is 11.7 Å². The number of piperidine rings is 1. The first-order valence-corrected chi connectivity index (χ1v) is 11.4. The summed E-state index contributed by atoms with van der Waals surface area (Å²) in [6, 6.07) is 0. The lowest BCUT2D eigenvalue weighted by molar-refractivity contribution is 0.0703. The van der Waals surface area contributed by atoms with Crippen LogP contribution in [-0.2, 0) is 13.5 Å². The van der Waals surface area contributed by atoms with Gasteiger partial charge < -0.3 is 9.80 Å². The van der Waals surface area contributed by atoms with Crippen LogP contribution in [0.5, 0.6) is 0 Å². The van der Waals surface area contributed by atoms with E-state index in [1.54, 1.807) is 4.68 Å². The number of anilines is 1. The van der Waals surface area contributed by atoms with Gasteiger partial charge in [-0.15, -0.1) is 0 Å². The zero-order valence-electron chi connectivity index (χ0n) is 18.4. The highest BCUT2D eigenvalue weighted by molar-refractivity contribution is 5.95. The van der Waals surface area contributed by atoms with Crippen molar-refractivity contribution in [2.75, 3.05) is 31.1 Å². The summed E-state index contributed by atoms with van der Waals surface area (Å²) in [5.74, 6) is 3.22. The molecule has 7 nitrogen and oxygen atoms in total. The highest BCUT2D eigenvalue weighted by atomic mass is 16.2. The molecule has 2 aromatic heterocycles. The van der Waals surface area contributed by atoms with Crippen molar-refractivity contribution in [2.45, 2.75) is 58.3 Å². The number of hydrogen-bond donors (Lipinski definition) is 0. The fourth-order valence-corrected chi connectivity index (χ4v) is 5.03. The third-order valence-electron chi connectivity index (χ3n) is 6.86. The molecule has 4 heterocycles. The normalized spacial score (nSPS) is 21.6. The average Bonchev–Trinajstić information content (AvgIpc) is 3.49. The maximum atomic E-state index is 13.1. The second-order valence-corrected chi connectivity index (χ2v) is 9.35. The molecule has 5 rings (SSSR count). The highest BCUT2D eigenvalue weighted by Crippen LogP contribution is 2.36. The number of fused-ring (bicyclic) bond motifs is 1. The number of nitrogens with zero attached hydrogens (tertiary/aromatic N) is 6. The summed E-state index contributed by atoms with van der Waals surface area (Å²) in [4.78, 5) is 27.6. The maximum absolute atomic E-state index is 13.1. The summed E-state index contributed by atoms with van der Waals surface area (Å²) in [5, 5.41) is 4.34. The first-order chi connectivity index (χ1) is 14.5. The molecule has 1 aliphatic carbocycles. The Kier molecular flexibility index (Phi) is 4.99. The summed E-state index contributed by atoms with van der Waals surface area (Å²) in [5.41, 5.74) is 3.96. The molecule has 160 valence electrons. The van der Waals surface area contributed by atoms with Gasteiger partial charge in [-0.3, -0.25) is 9.48 Å². The smallest absolute Gasteiger partial charge is 0.257 e. The van der Waals surface area contributed by atoms with Crippen LogP contribution in [-0.4, -0.2) is 56.7 Å². The van der Waals surface area contributed by atoms with E-state index in [0.29, 0.717) is 12.1 Å². The van der Waals surface area contributed by atoms with Gasteiger partial charge in [0.1, 0.15) is 11.6 Å². The molecular weight excluding hydrogens is 376 g/mol. The second-order valence-electron chi connectivity index (χ2n) is 9.35. The van der Waals surface area contributed by atoms with Crippen LogP contribution in [0.15, 0.2) is 6.20 Å². The summed E-state index contributed by atoms with van der Waals surface area (Å²) < 4.78 is 1.72. The Hall–Kier alpha value is -2.44. The number of aryl methyl sites for hydroxylation is 3. The minimum absolute atomic E-state index is 0.0790. The first-order valence-electron chi connectivity index (χ1n) is 11.4. The molecule has 1 atom stereocenters. The van der Waals surface area contributed by atoms with Gasteiger partial charge in [0.2, 0.25) is 0 Å². The fourth-order valence-electron chi connectivity index (χ4n) is 5.03. The molecule has 2 fully saturated rings. The molecule has 1 amide bonds. The Morgan fingerprint density at radius 1 is 1.10 bits per heavy atom. The highest BCUT2D eigenvalue weighted by Gasteiger charge is 2.32. The third kappa shape index (κ3) is 3.70. The van der Waals surface area contributed by atoms with Gasteiger partial charge in [0, 0.05) is 56.6 Å². The van der Waals surface area contributed by atoms with Crippen molar-refractivity contribution in [3.05, 3.63) is 34.5 Å². The molecule has 1 saturated carbocycles. The fraction of sp³-hybridized carbons (Fsp3) is 0.652. The molecule has 0 aromatic carbocycles. The molecular formula is C23H32N6O. The largest absolute Gasteiger partial charge is 0.356 e. The Morgan fingerprint density at radius 3 is 2.67 bits per heavy atom. The number of carbonyl (C=O) groups excluding carboxylic acids is 1. The van der Waals surface area contributed by atoms with Gasteiger partial charge in [-0.05, 0) is 58.3 Å². The summed E-state index contributed by atoms with van der Waals surface area (Å²) >= 11 is 0. The number of hydrogen-bond acceptors (Lipinski definition) is 5. The minimum atomic E-state index is 0.0790. The van der Waals surface area contributed by atoms with Crippen LogP contribution in [0.25, 0.3) is 0 Å². The molecule has 30 heavy (non-hydrogen) atoms. The van der Waals surface area contributed by atoms with Crippen LogP contribution in [0.3, 0.4) is 0 Å². The standard InChI is InChI=1S/C23H32N6O/c1-15-19-7-5-10-28(12-17-8-9-17)22(19)25-21(24-15)18-6-4-11-29(13-18)23(30)20-14-27(3)26-16(20)2/h14,17-18H,4-13H2,1-3H3/t18-/m0/s1. The Balaban J connectivity index is 1.39. The number of amides is 1. The van der Waals surface area contributed by atoms with Crippen LogP contribution >= 0.6 is 0 Å². The van der Waals surface area contributed by atoms with Crippen LogP contribution in [0.1, 0.15) is 71.2 Å². The predicted molar refractivity (Wildman–Crippen MR) is 116 cm³/mol. The van der Waals surface area contributed by atoms with E-state index in [-0.39, 0.29) is 11.8 Å². The van der Waals surface area contributed by atoms with Crippen molar-refractivity contribution in [1.29, 1.82) is 0 Å². The van der Waals surface area contributed by atoms with Crippen molar-refractivity contribution in [3.63, 3.8) is 0 Å². The van der Waals surface area contributed by atoms with E-state index < -0.39 is 0 Å². The number of rotatable bonds is 4. The van der Waals surface area contributed by atoms with E-state index in [2.05, 4.69) is 16.9 Å². The molecule has 2 aromatic rings. The topological polar surface area (TPSA) is 67.2 Å². The molecule has 3 aliphatic rings. The molecule has 0 unspecified atom stereocenters. The second kappa shape index (κ2) is 7.67. The molecule has 1 saturated heterocycles. The van der Waals surface area contributed by atoms with Gasteiger partial charge in [0.25, 0.3) is 5.91 Å². The van der Waals surface area contributed by atoms with E-state index in [4.69, 9.17) is 9.97 Å². The van der Waals surface area contributed by atoms with Gasteiger partial charge in [0.05, 0.1) is 11.3 Å². The molecule has 0 spiro atoms. The Labute approximate surface area is 178 Å². The first kappa shape index (κ1) is 19.5. The van der Waals surface area contributed by atoms with Gasteiger partial charge in [-0.2, -0.15) is 5.10 Å². The quantitative estimate of drug-likeness (QED) is 0.778. The third-order valence-corrected chi connectivity index (χ3v) is 6.86. The molecule has 0 radical (unpaired) electrons. The number of carbonyl (C=O) groups is 1.